The first kappa shape index (κ1) is 17.2. The number of hydrogen-bond acceptors (Lipinski definition) is 3. The third-order valence-corrected chi connectivity index (χ3v) is 5.06. The third kappa shape index (κ3) is 4.40. The van der Waals surface area contributed by atoms with Gasteiger partial charge in [-0.2, -0.15) is 0 Å². The van der Waals surface area contributed by atoms with Crippen LogP contribution in [0.2, 0.25) is 0 Å². The van der Waals surface area contributed by atoms with Crippen molar-refractivity contribution in [3.63, 3.8) is 0 Å². The monoisotopic (exact) mass is 332 g/mol. The summed E-state index contributed by atoms with van der Waals surface area (Å²) in [6.45, 7) is 5.10. The van der Waals surface area contributed by atoms with Crippen molar-refractivity contribution >= 4 is 21.6 Å². The molecule has 0 fully saturated rings. The van der Waals surface area contributed by atoms with Crippen LogP contribution in [0.1, 0.15) is 16.7 Å². The lowest BCUT2D eigenvalue weighted by molar-refractivity contribution is -0.115. The molecule has 6 heteroatoms. The van der Waals surface area contributed by atoms with Crippen molar-refractivity contribution in [2.24, 2.45) is 0 Å². The van der Waals surface area contributed by atoms with Crippen LogP contribution >= 0.6 is 0 Å². The van der Waals surface area contributed by atoms with E-state index in [1.165, 1.54) is 0 Å². The maximum atomic E-state index is 12.5. The molecule has 2 rings (SSSR count). The van der Waals surface area contributed by atoms with Gasteiger partial charge in [0.1, 0.15) is 0 Å². The molecule has 2 aromatic rings. The topological polar surface area (TPSA) is 75.3 Å². The number of sulfonamides is 1. The van der Waals surface area contributed by atoms with Gasteiger partial charge in [0.25, 0.3) is 0 Å². The average molecular weight is 332 g/mol. The van der Waals surface area contributed by atoms with E-state index in [1.807, 2.05) is 25.1 Å². The molecule has 0 spiro atoms. The minimum absolute atomic E-state index is 0.232. The van der Waals surface area contributed by atoms with Crippen molar-refractivity contribution < 1.29 is 13.2 Å². The first-order valence-corrected chi connectivity index (χ1v) is 8.70. The first-order chi connectivity index (χ1) is 10.8. The molecule has 0 bridgehead atoms. The van der Waals surface area contributed by atoms with Crippen LogP contribution < -0.4 is 10.0 Å². The summed E-state index contributed by atoms with van der Waals surface area (Å²) in [4.78, 5) is 12.1. The van der Waals surface area contributed by atoms with E-state index >= 15 is 0 Å². The standard InChI is InChI=1S/C17H20N2O3S/c1-12-9-13(2)17(14(3)10-12)23(21,22)18-11-16(20)19-15-7-5-4-6-8-15/h4-10,18H,11H2,1-3H3,(H,19,20). The molecule has 0 unspecified atom stereocenters. The highest BCUT2D eigenvalue weighted by Gasteiger charge is 2.20. The van der Waals surface area contributed by atoms with Gasteiger partial charge in [-0.05, 0) is 44.0 Å². The van der Waals surface area contributed by atoms with Crippen molar-refractivity contribution in [1.82, 2.24) is 4.72 Å². The fourth-order valence-corrected chi connectivity index (χ4v) is 3.98. The molecule has 0 aliphatic carbocycles. The van der Waals surface area contributed by atoms with Gasteiger partial charge < -0.3 is 5.32 Å². The van der Waals surface area contributed by atoms with E-state index < -0.39 is 15.9 Å². The van der Waals surface area contributed by atoms with E-state index in [0.717, 1.165) is 5.56 Å². The van der Waals surface area contributed by atoms with Crippen molar-refractivity contribution in [3.05, 3.63) is 59.2 Å². The number of nitrogens with one attached hydrogen (secondary N) is 2. The zero-order valence-electron chi connectivity index (χ0n) is 13.4. The van der Waals surface area contributed by atoms with E-state index in [4.69, 9.17) is 0 Å². The second-order valence-electron chi connectivity index (χ2n) is 5.47. The minimum atomic E-state index is -3.74. The maximum absolute atomic E-state index is 12.5. The van der Waals surface area contributed by atoms with Gasteiger partial charge in [-0.3, -0.25) is 4.79 Å². The second-order valence-corrected chi connectivity index (χ2v) is 7.17. The van der Waals surface area contributed by atoms with Crippen LogP contribution in [0.15, 0.2) is 47.4 Å². The predicted octanol–water partition coefficient (Wildman–Crippen LogP) is 2.53. The SMILES string of the molecule is Cc1cc(C)c(S(=O)(=O)NCC(=O)Nc2ccccc2)c(C)c1. The lowest BCUT2D eigenvalue weighted by Crippen LogP contribution is -2.33. The van der Waals surface area contributed by atoms with Crippen molar-refractivity contribution in [2.75, 3.05) is 11.9 Å². The molecular formula is C17H20N2O3S. The lowest BCUT2D eigenvalue weighted by atomic mass is 10.1. The average Bonchev–Trinajstić information content (AvgIpc) is 2.45. The molecule has 0 aliphatic rings. The number of rotatable bonds is 5. The summed E-state index contributed by atoms with van der Waals surface area (Å²) in [5.74, 6) is -0.415. The Morgan fingerprint density at radius 3 is 2.13 bits per heavy atom. The van der Waals surface area contributed by atoms with Gasteiger partial charge in [0.05, 0.1) is 11.4 Å². The van der Waals surface area contributed by atoms with Gasteiger partial charge in [0, 0.05) is 5.69 Å². The minimum Gasteiger partial charge on any atom is -0.325 e. The van der Waals surface area contributed by atoms with Crippen molar-refractivity contribution in [2.45, 2.75) is 25.7 Å². The Bertz CT molecular complexity index is 792. The Morgan fingerprint density at radius 1 is 1.00 bits per heavy atom. The molecule has 1 amide bonds. The van der Waals surface area contributed by atoms with Crippen LogP contribution in [0.4, 0.5) is 5.69 Å². The number of carbonyl (C=O) groups is 1. The maximum Gasteiger partial charge on any atom is 0.241 e. The quantitative estimate of drug-likeness (QED) is 0.883. The van der Waals surface area contributed by atoms with Crippen LogP contribution in [0.5, 0.6) is 0 Å². The molecular weight excluding hydrogens is 312 g/mol. The number of para-hydroxylation sites is 1. The molecule has 2 aromatic carbocycles. The molecule has 2 N–H and O–H groups in total. The van der Waals surface area contributed by atoms with E-state index in [9.17, 15) is 13.2 Å². The highest BCUT2D eigenvalue weighted by atomic mass is 32.2. The van der Waals surface area contributed by atoms with E-state index in [0.29, 0.717) is 16.8 Å². The first-order valence-electron chi connectivity index (χ1n) is 7.22. The van der Waals surface area contributed by atoms with Crippen LogP contribution in [0.3, 0.4) is 0 Å². The number of benzene rings is 2. The zero-order chi connectivity index (χ0) is 17.0. The van der Waals surface area contributed by atoms with E-state index in [2.05, 4.69) is 10.0 Å². The number of aryl methyl sites for hydroxylation is 3. The fourth-order valence-electron chi connectivity index (χ4n) is 2.55. The number of hydrogen-bond donors (Lipinski definition) is 2. The molecule has 5 nitrogen and oxygen atoms in total. The van der Waals surface area contributed by atoms with Gasteiger partial charge >= 0.3 is 0 Å². The van der Waals surface area contributed by atoms with Gasteiger partial charge in [-0.25, -0.2) is 13.1 Å². The molecule has 0 aliphatic heterocycles. The van der Waals surface area contributed by atoms with Crippen LogP contribution in [-0.4, -0.2) is 20.9 Å². The predicted molar refractivity (Wildman–Crippen MR) is 90.9 cm³/mol. The molecule has 23 heavy (non-hydrogen) atoms. The van der Waals surface area contributed by atoms with Crippen molar-refractivity contribution in [3.8, 4) is 0 Å². The number of carbonyl (C=O) groups excluding carboxylic acids is 1. The second kappa shape index (κ2) is 6.93. The highest BCUT2D eigenvalue weighted by molar-refractivity contribution is 7.89. The van der Waals surface area contributed by atoms with Gasteiger partial charge in [-0.15, -0.1) is 0 Å². The number of anilines is 1. The summed E-state index contributed by atoms with van der Waals surface area (Å²) in [6, 6.07) is 12.5. The molecule has 0 atom stereocenters. The third-order valence-electron chi connectivity index (χ3n) is 3.35. The molecule has 122 valence electrons. The number of amides is 1. The summed E-state index contributed by atoms with van der Waals surface area (Å²) in [7, 11) is -3.74. The molecule has 0 aromatic heterocycles. The zero-order valence-corrected chi connectivity index (χ0v) is 14.2. The van der Waals surface area contributed by atoms with Gasteiger partial charge in [-0.1, -0.05) is 35.9 Å². The van der Waals surface area contributed by atoms with Crippen LogP contribution in [0, 0.1) is 20.8 Å². The Hall–Kier alpha value is -2.18. The summed E-state index contributed by atoms with van der Waals surface area (Å²) < 4.78 is 27.3. The Labute approximate surface area is 136 Å². The summed E-state index contributed by atoms with van der Waals surface area (Å²) in [6.07, 6.45) is 0. The largest absolute Gasteiger partial charge is 0.325 e. The lowest BCUT2D eigenvalue weighted by Gasteiger charge is -2.13. The Balaban J connectivity index is 2.09. The molecule has 0 saturated carbocycles. The fraction of sp³-hybridized carbons (Fsp3) is 0.235. The smallest absolute Gasteiger partial charge is 0.241 e. The van der Waals surface area contributed by atoms with Gasteiger partial charge in [0.15, 0.2) is 0 Å². The Morgan fingerprint density at radius 2 is 1.57 bits per heavy atom. The van der Waals surface area contributed by atoms with E-state index in [-0.39, 0.29) is 11.4 Å². The van der Waals surface area contributed by atoms with Gasteiger partial charge in [0.2, 0.25) is 15.9 Å². The van der Waals surface area contributed by atoms with Crippen LogP contribution in [0.25, 0.3) is 0 Å². The molecule has 0 radical (unpaired) electrons. The molecule has 0 saturated heterocycles. The summed E-state index contributed by atoms with van der Waals surface area (Å²) in [5.41, 5.74) is 2.96. The van der Waals surface area contributed by atoms with E-state index in [1.54, 1.807) is 38.1 Å². The Kier molecular flexibility index (Phi) is 5.18. The summed E-state index contributed by atoms with van der Waals surface area (Å²) >= 11 is 0. The summed E-state index contributed by atoms with van der Waals surface area (Å²) in [5, 5.41) is 2.64. The van der Waals surface area contributed by atoms with Crippen molar-refractivity contribution in [1.29, 1.82) is 0 Å². The highest BCUT2D eigenvalue weighted by Crippen LogP contribution is 2.21. The van der Waals surface area contributed by atoms with Crippen LogP contribution in [-0.2, 0) is 14.8 Å². The normalized spacial score (nSPS) is 11.3. The molecule has 0 heterocycles.